The predicted molar refractivity (Wildman–Crippen MR) is 34.9 cm³/mol. The summed E-state index contributed by atoms with van der Waals surface area (Å²) in [5.41, 5.74) is 0. The Morgan fingerprint density at radius 2 is 2.62 bits per heavy atom. The number of hydrogen-bond acceptors (Lipinski definition) is 3. The van der Waals surface area contributed by atoms with E-state index in [-0.39, 0.29) is 6.04 Å². The van der Waals surface area contributed by atoms with Gasteiger partial charge in [-0.2, -0.15) is 0 Å². The zero-order valence-electron chi connectivity index (χ0n) is 4.76. The summed E-state index contributed by atoms with van der Waals surface area (Å²) >= 11 is 1.79. The molecule has 0 radical (unpaired) electrons. The number of thioether (sulfide) groups is 1. The second-order valence-electron chi connectivity index (χ2n) is 1.88. The lowest BCUT2D eigenvalue weighted by atomic mass is 10.4. The molecular weight excluding hydrogens is 122 g/mol. The molecule has 3 heteroatoms. The molecule has 0 aliphatic carbocycles. The lowest BCUT2D eigenvalue weighted by Gasteiger charge is -1.99. The molecule has 1 N–H and O–H groups in total. The van der Waals surface area contributed by atoms with Gasteiger partial charge in [-0.25, -0.2) is 0 Å². The van der Waals surface area contributed by atoms with Crippen molar-refractivity contribution in [2.24, 2.45) is 0 Å². The largest absolute Gasteiger partial charge is 0.302 e. The minimum atomic E-state index is 0.106. The molecule has 1 fully saturated rings. The summed E-state index contributed by atoms with van der Waals surface area (Å²) in [5, 5.41) is 3.56. The van der Waals surface area contributed by atoms with Crippen LogP contribution in [0.25, 0.3) is 0 Å². The molecule has 2 atom stereocenters. The molecule has 0 aromatic heterocycles. The molecule has 0 aromatic rings. The van der Waals surface area contributed by atoms with Gasteiger partial charge in [-0.1, -0.05) is 0 Å². The summed E-state index contributed by atoms with van der Waals surface area (Å²) in [4.78, 5) is 10.1. The van der Waals surface area contributed by atoms with Crippen LogP contribution < -0.4 is 5.32 Å². The molecule has 1 rings (SSSR count). The van der Waals surface area contributed by atoms with Crippen LogP contribution in [0, 0.1) is 0 Å². The molecule has 1 aliphatic heterocycles. The van der Waals surface area contributed by atoms with Crippen LogP contribution in [0.1, 0.15) is 6.92 Å². The number of carbonyl (C=O) groups is 1. The average molecular weight is 131 g/mol. The summed E-state index contributed by atoms with van der Waals surface area (Å²) in [6.45, 7) is 2.06. The molecule has 0 saturated carbocycles. The quantitative estimate of drug-likeness (QED) is 0.517. The van der Waals surface area contributed by atoms with E-state index in [0.717, 1.165) is 12.0 Å². The molecule has 2 nitrogen and oxygen atoms in total. The molecular formula is C5H9NOS. The maximum Gasteiger partial charge on any atom is 0.137 e. The zero-order chi connectivity index (χ0) is 5.98. The Labute approximate surface area is 53.0 Å². The molecule has 1 heterocycles. The smallest absolute Gasteiger partial charge is 0.137 e. The summed E-state index contributed by atoms with van der Waals surface area (Å²) in [6, 6.07) is 0.106. The van der Waals surface area contributed by atoms with Crippen molar-refractivity contribution in [3.63, 3.8) is 0 Å². The molecule has 0 spiro atoms. The Balaban J connectivity index is 2.32. The van der Waals surface area contributed by atoms with Crippen molar-refractivity contribution < 1.29 is 4.79 Å². The van der Waals surface area contributed by atoms with E-state index >= 15 is 0 Å². The second-order valence-corrected chi connectivity index (χ2v) is 3.26. The monoisotopic (exact) mass is 131 g/mol. The highest BCUT2D eigenvalue weighted by Crippen LogP contribution is 2.15. The fourth-order valence-corrected chi connectivity index (χ4v) is 1.67. The molecule has 46 valence electrons. The van der Waals surface area contributed by atoms with E-state index in [2.05, 4.69) is 12.2 Å². The standard InChI is InChI=1S/C5H9NOS/c1-4-6-5(2-7)3-8-4/h2,4-6H,3H2,1H3. The van der Waals surface area contributed by atoms with Crippen LogP contribution in [-0.2, 0) is 4.79 Å². The number of carbonyl (C=O) groups excluding carboxylic acids is 1. The summed E-state index contributed by atoms with van der Waals surface area (Å²) in [6.07, 6.45) is 0.969. The van der Waals surface area contributed by atoms with Crippen LogP contribution in [0.3, 0.4) is 0 Å². The lowest BCUT2D eigenvalue weighted by molar-refractivity contribution is -0.109. The normalized spacial score (nSPS) is 37.6. The minimum absolute atomic E-state index is 0.106. The Hall–Kier alpha value is -0.0200. The van der Waals surface area contributed by atoms with Crippen molar-refractivity contribution >= 4 is 18.0 Å². The third-order valence-corrected chi connectivity index (χ3v) is 2.33. The second kappa shape index (κ2) is 2.51. The van der Waals surface area contributed by atoms with E-state index in [0.29, 0.717) is 5.37 Å². The average Bonchev–Trinajstić information content (AvgIpc) is 2.14. The van der Waals surface area contributed by atoms with E-state index in [4.69, 9.17) is 0 Å². The zero-order valence-corrected chi connectivity index (χ0v) is 5.57. The minimum Gasteiger partial charge on any atom is -0.302 e. The van der Waals surface area contributed by atoms with Gasteiger partial charge in [0.1, 0.15) is 6.29 Å². The van der Waals surface area contributed by atoms with Crippen molar-refractivity contribution in [2.45, 2.75) is 18.3 Å². The Morgan fingerprint density at radius 1 is 1.88 bits per heavy atom. The van der Waals surface area contributed by atoms with Crippen LogP contribution in [0.4, 0.5) is 0 Å². The first kappa shape index (κ1) is 6.11. The van der Waals surface area contributed by atoms with Gasteiger partial charge in [0.2, 0.25) is 0 Å². The predicted octanol–water partition coefficient (Wildman–Crippen LogP) is 0.236. The van der Waals surface area contributed by atoms with Gasteiger partial charge in [0, 0.05) is 5.75 Å². The lowest BCUT2D eigenvalue weighted by Crippen LogP contribution is -2.28. The molecule has 2 unspecified atom stereocenters. The number of nitrogens with one attached hydrogen (secondary N) is 1. The summed E-state index contributed by atoms with van der Waals surface area (Å²) < 4.78 is 0. The summed E-state index contributed by atoms with van der Waals surface area (Å²) in [5.74, 6) is 0.935. The Kier molecular flexibility index (Phi) is 1.91. The van der Waals surface area contributed by atoms with Crippen molar-refractivity contribution in [3.05, 3.63) is 0 Å². The van der Waals surface area contributed by atoms with Gasteiger partial charge in [0.25, 0.3) is 0 Å². The SMILES string of the molecule is CC1NC(C=O)CS1. The van der Waals surface area contributed by atoms with Crippen molar-refractivity contribution in [2.75, 3.05) is 5.75 Å². The molecule has 0 bridgehead atoms. The molecule has 0 aromatic carbocycles. The van der Waals surface area contributed by atoms with E-state index in [1.54, 1.807) is 11.8 Å². The van der Waals surface area contributed by atoms with Crippen LogP contribution in [-0.4, -0.2) is 23.5 Å². The molecule has 8 heavy (non-hydrogen) atoms. The van der Waals surface area contributed by atoms with Crippen LogP contribution in [0.5, 0.6) is 0 Å². The van der Waals surface area contributed by atoms with E-state index in [1.165, 1.54) is 0 Å². The summed E-state index contributed by atoms with van der Waals surface area (Å²) in [7, 11) is 0. The van der Waals surface area contributed by atoms with E-state index < -0.39 is 0 Å². The van der Waals surface area contributed by atoms with E-state index in [1.807, 2.05) is 0 Å². The highest BCUT2D eigenvalue weighted by molar-refractivity contribution is 8.00. The number of hydrogen-bond donors (Lipinski definition) is 1. The first-order chi connectivity index (χ1) is 3.83. The fraction of sp³-hybridized carbons (Fsp3) is 0.800. The van der Waals surface area contributed by atoms with Crippen LogP contribution >= 0.6 is 11.8 Å². The van der Waals surface area contributed by atoms with Gasteiger partial charge < -0.3 is 4.79 Å². The molecule has 0 amide bonds. The Morgan fingerprint density at radius 3 is 2.88 bits per heavy atom. The van der Waals surface area contributed by atoms with Gasteiger partial charge in [-0.3, -0.25) is 5.32 Å². The van der Waals surface area contributed by atoms with Gasteiger partial charge in [0.15, 0.2) is 0 Å². The molecule has 1 saturated heterocycles. The van der Waals surface area contributed by atoms with Crippen molar-refractivity contribution in [1.82, 2.24) is 5.32 Å². The first-order valence-electron chi connectivity index (χ1n) is 2.66. The molecule has 1 aliphatic rings. The van der Waals surface area contributed by atoms with Crippen LogP contribution in [0.2, 0.25) is 0 Å². The van der Waals surface area contributed by atoms with Crippen molar-refractivity contribution in [3.8, 4) is 0 Å². The van der Waals surface area contributed by atoms with Gasteiger partial charge in [0.05, 0.1) is 11.4 Å². The van der Waals surface area contributed by atoms with E-state index in [9.17, 15) is 4.79 Å². The topological polar surface area (TPSA) is 29.1 Å². The van der Waals surface area contributed by atoms with Crippen molar-refractivity contribution in [1.29, 1.82) is 0 Å². The van der Waals surface area contributed by atoms with Crippen LogP contribution in [0.15, 0.2) is 0 Å². The van der Waals surface area contributed by atoms with Gasteiger partial charge >= 0.3 is 0 Å². The highest BCUT2D eigenvalue weighted by atomic mass is 32.2. The van der Waals surface area contributed by atoms with Gasteiger partial charge in [-0.05, 0) is 6.92 Å². The Bertz CT molecular complexity index is 96.4. The maximum atomic E-state index is 10.1. The third kappa shape index (κ3) is 1.23. The number of rotatable bonds is 1. The third-order valence-electron chi connectivity index (χ3n) is 1.14. The van der Waals surface area contributed by atoms with Gasteiger partial charge in [-0.15, -0.1) is 11.8 Å². The highest BCUT2D eigenvalue weighted by Gasteiger charge is 2.18. The number of aldehydes is 1. The fourth-order valence-electron chi connectivity index (χ4n) is 0.724. The maximum absolute atomic E-state index is 10.1. The first-order valence-corrected chi connectivity index (χ1v) is 3.71.